The van der Waals surface area contributed by atoms with E-state index in [0.717, 1.165) is 19.1 Å². The van der Waals surface area contributed by atoms with Crippen LogP contribution in [0.15, 0.2) is 42.5 Å². The normalized spacial score (nSPS) is 12.2. The number of anilines is 1. The lowest BCUT2D eigenvalue weighted by Crippen LogP contribution is -2.49. The molecule has 0 aliphatic carbocycles. The number of carbonyl (C=O) groups excluding carboxylic acids is 2. The molecule has 0 bridgehead atoms. The lowest BCUT2D eigenvalue weighted by Gasteiger charge is -2.31. The molecule has 0 heterocycles. The van der Waals surface area contributed by atoms with Crippen molar-refractivity contribution in [2.24, 2.45) is 0 Å². The SMILES string of the molecule is CCCCNC(=O)C(CC)N(Cc1c(Cl)cccc1Cl)C(=O)CCCN(c1ccc(Cl)cc1)S(C)(=O)=O. The minimum atomic E-state index is -3.59. The predicted molar refractivity (Wildman–Crippen MR) is 152 cm³/mol. The predicted octanol–water partition coefficient (Wildman–Crippen LogP) is 5.92. The summed E-state index contributed by atoms with van der Waals surface area (Å²) in [4.78, 5) is 28.0. The van der Waals surface area contributed by atoms with Gasteiger partial charge in [0, 0.05) is 46.7 Å². The maximum absolute atomic E-state index is 13.5. The first-order chi connectivity index (χ1) is 17.5. The number of unbranched alkanes of at least 4 members (excludes halogenated alkanes) is 1. The largest absolute Gasteiger partial charge is 0.354 e. The third kappa shape index (κ3) is 9.36. The molecular formula is C26H34Cl3N3O4S. The fourth-order valence-electron chi connectivity index (χ4n) is 3.89. The smallest absolute Gasteiger partial charge is 0.242 e. The van der Waals surface area contributed by atoms with Gasteiger partial charge >= 0.3 is 0 Å². The molecule has 7 nitrogen and oxygen atoms in total. The Hall–Kier alpha value is -2.00. The number of benzene rings is 2. The monoisotopic (exact) mass is 589 g/mol. The first kappa shape index (κ1) is 31.2. The van der Waals surface area contributed by atoms with Gasteiger partial charge in [0.25, 0.3) is 0 Å². The Balaban J connectivity index is 2.24. The number of sulfonamides is 1. The summed E-state index contributed by atoms with van der Waals surface area (Å²) in [5, 5.41) is 4.20. The summed E-state index contributed by atoms with van der Waals surface area (Å²) in [6.45, 7) is 4.54. The number of nitrogens with one attached hydrogen (secondary N) is 1. The van der Waals surface area contributed by atoms with Gasteiger partial charge in [-0.3, -0.25) is 13.9 Å². The van der Waals surface area contributed by atoms with Crippen LogP contribution in [0.1, 0.15) is 51.5 Å². The fraction of sp³-hybridized carbons (Fsp3) is 0.462. The zero-order valence-electron chi connectivity index (χ0n) is 21.3. The van der Waals surface area contributed by atoms with Crippen LogP contribution in [0.3, 0.4) is 0 Å². The van der Waals surface area contributed by atoms with Crippen LogP contribution < -0.4 is 9.62 Å². The lowest BCUT2D eigenvalue weighted by molar-refractivity contribution is -0.141. The molecule has 11 heteroatoms. The van der Waals surface area contributed by atoms with Crippen LogP contribution in [0.4, 0.5) is 5.69 Å². The zero-order chi connectivity index (χ0) is 27.6. The van der Waals surface area contributed by atoms with Crippen molar-refractivity contribution in [3.8, 4) is 0 Å². The molecule has 1 unspecified atom stereocenters. The molecule has 2 rings (SSSR count). The summed E-state index contributed by atoms with van der Waals surface area (Å²) in [7, 11) is -3.59. The van der Waals surface area contributed by atoms with E-state index in [2.05, 4.69) is 5.32 Å². The summed E-state index contributed by atoms with van der Waals surface area (Å²) >= 11 is 18.7. The van der Waals surface area contributed by atoms with Crippen molar-refractivity contribution in [1.82, 2.24) is 10.2 Å². The molecule has 2 amide bonds. The van der Waals surface area contributed by atoms with Crippen LogP contribution in [-0.4, -0.2) is 50.5 Å². The van der Waals surface area contributed by atoms with Gasteiger partial charge < -0.3 is 10.2 Å². The molecule has 2 aromatic rings. The standard InChI is InChI=1S/C26H34Cl3N3O4S/c1-4-6-16-30-26(34)24(5-2)31(18-21-22(28)9-7-10-23(21)29)25(33)11-8-17-32(37(3,35)36)20-14-12-19(27)13-15-20/h7,9-10,12-15,24H,4-6,8,11,16-18H2,1-3H3,(H,30,34). The number of nitrogens with zero attached hydrogens (tertiary/aromatic N) is 2. The second kappa shape index (κ2) is 14.8. The van der Waals surface area contributed by atoms with Gasteiger partial charge in [-0.15, -0.1) is 0 Å². The Bertz CT molecular complexity index is 1140. The number of rotatable bonds is 14. The molecule has 1 atom stereocenters. The highest BCUT2D eigenvalue weighted by Gasteiger charge is 2.29. The van der Waals surface area contributed by atoms with Crippen molar-refractivity contribution >= 4 is 62.3 Å². The van der Waals surface area contributed by atoms with E-state index in [9.17, 15) is 18.0 Å². The minimum absolute atomic E-state index is 0.0282. The summed E-state index contributed by atoms with van der Waals surface area (Å²) in [6, 6.07) is 10.8. The van der Waals surface area contributed by atoms with Crippen LogP contribution in [0.2, 0.25) is 15.1 Å². The molecule has 0 aliphatic heterocycles. The van der Waals surface area contributed by atoms with Crippen LogP contribution in [0.25, 0.3) is 0 Å². The van der Waals surface area contributed by atoms with Crippen molar-refractivity contribution in [3.05, 3.63) is 63.1 Å². The van der Waals surface area contributed by atoms with Crippen LogP contribution in [0, 0.1) is 0 Å². The van der Waals surface area contributed by atoms with Gasteiger partial charge in [0.05, 0.1) is 11.9 Å². The van der Waals surface area contributed by atoms with Crippen molar-refractivity contribution in [1.29, 1.82) is 0 Å². The average molecular weight is 591 g/mol. The Morgan fingerprint density at radius 2 is 1.59 bits per heavy atom. The Labute approximate surface area is 235 Å². The third-order valence-electron chi connectivity index (χ3n) is 5.87. The number of carbonyl (C=O) groups is 2. The number of amides is 2. The molecule has 0 aliphatic rings. The highest BCUT2D eigenvalue weighted by Crippen LogP contribution is 2.28. The van der Waals surface area contributed by atoms with Crippen LogP contribution >= 0.6 is 34.8 Å². The molecule has 0 fully saturated rings. The Kier molecular flexibility index (Phi) is 12.5. The molecule has 204 valence electrons. The van der Waals surface area contributed by atoms with Crippen molar-refractivity contribution < 1.29 is 18.0 Å². The molecule has 0 saturated carbocycles. The van der Waals surface area contributed by atoms with E-state index in [1.807, 2.05) is 13.8 Å². The van der Waals surface area contributed by atoms with Gasteiger partial charge in [-0.1, -0.05) is 61.1 Å². The molecule has 1 N–H and O–H groups in total. The molecule has 37 heavy (non-hydrogen) atoms. The second-order valence-corrected chi connectivity index (χ2v) is 11.9. The van der Waals surface area contributed by atoms with Crippen molar-refractivity contribution in [2.75, 3.05) is 23.7 Å². The minimum Gasteiger partial charge on any atom is -0.354 e. The summed E-state index contributed by atoms with van der Waals surface area (Å²) < 4.78 is 26.1. The number of hydrogen-bond acceptors (Lipinski definition) is 4. The number of halogens is 3. The first-order valence-electron chi connectivity index (χ1n) is 12.2. The van der Waals surface area contributed by atoms with Gasteiger partial charge in [0.1, 0.15) is 6.04 Å². The average Bonchev–Trinajstić information content (AvgIpc) is 2.83. The molecule has 2 aromatic carbocycles. The molecule has 0 spiro atoms. The van der Waals surface area contributed by atoms with E-state index >= 15 is 0 Å². The maximum Gasteiger partial charge on any atom is 0.242 e. The fourth-order valence-corrected chi connectivity index (χ4v) is 5.50. The number of hydrogen-bond donors (Lipinski definition) is 1. The van der Waals surface area contributed by atoms with Gasteiger partial charge in [-0.25, -0.2) is 8.42 Å². The summed E-state index contributed by atoms with van der Waals surface area (Å²) in [5.41, 5.74) is 1.01. The Morgan fingerprint density at radius 1 is 0.973 bits per heavy atom. The Morgan fingerprint density at radius 3 is 2.14 bits per heavy atom. The van der Waals surface area contributed by atoms with E-state index in [0.29, 0.717) is 39.3 Å². The van der Waals surface area contributed by atoms with Crippen LogP contribution in [0.5, 0.6) is 0 Å². The maximum atomic E-state index is 13.5. The van der Waals surface area contributed by atoms with Crippen molar-refractivity contribution in [3.63, 3.8) is 0 Å². The lowest BCUT2D eigenvalue weighted by atomic mass is 10.1. The van der Waals surface area contributed by atoms with Gasteiger partial charge in [-0.05, 0) is 55.7 Å². The van der Waals surface area contributed by atoms with Crippen LogP contribution in [-0.2, 0) is 26.2 Å². The molecule has 0 radical (unpaired) electrons. The van der Waals surface area contributed by atoms with Gasteiger partial charge in [0.2, 0.25) is 21.8 Å². The first-order valence-corrected chi connectivity index (χ1v) is 15.2. The second-order valence-electron chi connectivity index (χ2n) is 8.71. The van der Waals surface area contributed by atoms with E-state index in [1.54, 1.807) is 42.5 Å². The van der Waals surface area contributed by atoms with E-state index in [1.165, 1.54) is 9.21 Å². The topological polar surface area (TPSA) is 86.8 Å². The third-order valence-corrected chi connectivity index (χ3v) is 8.03. The summed E-state index contributed by atoms with van der Waals surface area (Å²) in [5.74, 6) is -0.538. The van der Waals surface area contributed by atoms with E-state index in [4.69, 9.17) is 34.8 Å². The van der Waals surface area contributed by atoms with E-state index in [-0.39, 0.29) is 37.7 Å². The van der Waals surface area contributed by atoms with Gasteiger partial charge in [0.15, 0.2) is 0 Å². The van der Waals surface area contributed by atoms with Gasteiger partial charge in [-0.2, -0.15) is 0 Å². The van der Waals surface area contributed by atoms with E-state index < -0.39 is 16.1 Å². The highest BCUT2D eigenvalue weighted by molar-refractivity contribution is 7.92. The van der Waals surface area contributed by atoms with Crippen molar-refractivity contribution in [2.45, 2.75) is 58.5 Å². The quantitative estimate of drug-likeness (QED) is 0.277. The molecule has 0 saturated heterocycles. The zero-order valence-corrected chi connectivity index (χ0v) is 24.4. The molecular weight excluding hydrogens is 557 g/mol. The highest BCUT2D eigenvalue weighted by atomic mass is 35.5. The summed E-state index contributed by atoms with van der Waals surface area (Å²) in [6.07, 6.45) is 3.54. The molecule has 0 aromatic heterocycles.